The molecule has 2 aromatic carbocycles. The molecule has 10 nitrogen and oxygen atoms in total. The molecule has 218 valence electrons. The molecule has 0 saturated carbocycles. The molecule has 0 aliphatic heterocycles. The summed E-state index contributed by atoms with van der Waals surface area (Å²) in [5.41, 5.74) is 5.84. The number of rotatable bonds is 14. The molecule has 2 aromatic rings. The van der Waals surface area contributed by atoms with Gasteiger partial charge in [0.05, 0.1) is 6.42 Å². The fraction of sp³-hybridized carbons (Fsp3) is 0.467. The number of nitrogens with zero attached hydrogens (tertiary/aromatic N) is 1. The van der Waals surface area contributed by atoms with Gasteiger partial charge in [-0.2, -0.15) is 0 Å². The minimum atomic E-state index is -1.36. The minimum Gasteiger partial charge on any atom is -0.508 e. The van der Waals surface area contributed by atoms with Crippen molar-refractivity contribution in [3.63, 3.8) is 0 Å². The van der Waals surface area contributed by atoms with Gasteiger partial charge in [0.2, 0.25) is 17.7 Å². The molecule has 10 heteroatoms. The summed E-state index contributed by atoms with van der Waals surface area (Å²) in [5.74, 6) is -2.02. The summed E-state index contributed by atoms with van der Waals surface area (Å²) >= 11 is 0. The molecule has 0 fully saturated rings. The summed E-state index contributed by atoms with van der Waals surface area (Å²) in [6.45, 7) is 7.46. The zero-order valence-electron chi connectivity index (χ0n) is 23.8. The van der Waals surface area contributed by atoms with E-state index in [9.17, 15) is 24.3 Å². The van der Waals surface area contributed by atoms with Crippen molar-refractivity contribution >= 4 is 23.8 Å². The third kappa shape index (κ3) is 11.0. The average Bonchev–Trinajstić information content (AvgIpc) is 2.87. The van der Waals surface area contributed by atoms with E-state index < -0.39 is 47.9 Å². The van der Waals surface area contributed by atoms with Crippen LogP contribution in [0.5, 0.6) is 5.75 Å². The van der Waals surface area contributed by atoms with Gasteiger partial charge in [0.1, 0.15) is 23.4 Å². The van der Waals surface area contributed by atoms with Crippen LogP contribution < -0.4 is 16.4 Å². The Hall–Kier alpha value is -4.08. The molecular formula is C30H42N4O6. The van der Waals surface area contributed by atoms with E-state index in [0.717, 1.165) is 24.8 Å². The molecule has 2 atom stereocenters. The molecule has 0 aromatic heterocycles. The highest BCUT2D eigenvalue weighted by molar-refractivity contribution is 5.94. The van der Waals surface area contributed by atoms with E-state index >= 15 is 0 Å². The zero-order chi connectivity index (χ0) is 29.7. The zero-order valence-corrected chi connectivity index (χ0v) is 23.8. The highest BCUT2D eigenvalue weighted by Gasteiger charge is 2.36. The Morgan fingerprint density at radius 1 is 1.00 bits per heavy atom. The molecule has 5 N–H and O–H groups in total. The number of carbonyl (C=O) groups excluding carboxylic acids is 4. The summed E-state index contributed by atoms with van der Waals surface area (Å²) in [7, 11) is 0. The summed E-state index contributed by atoms with van der Waals surface area (Å²) in [6.07, 6.45) is 1.91. The number of alkyl carbamates (subject to hydrolysis) is 1. The van der Waals surface area contributed by atoms with E-state index in [1.165, 1.54) is 17.0 Å². The topological polar surface area (TPSA) is 151 Å². The van der Waals surface area contributed by atoms with Gasteiger partial charge in [-0.3, -0.25) is 14.4 Å². The Bertz CT molecular complexity index is 1130. The average molecular weight is 555 g/mol. The summed E-state index contributed by atoms with van der Waals surface area (Å²) in [4.78, 5) is 53.6. The van der Waals surface area contributed by atoms with Gasteiger partial charge in [-0.1, -0.05) is 68.7 Å². The quantitative estimate of drug-likeness (QED) is 0.260. The first kappa shape index (κ1) is 32.1. The first-order valence-electron chi connectivity index (χ1n) is 13.6. The smallest absolute Gasteiger partial charge is 0.408 e. The van der Waals surface area contributed by atoms with Crippen molar-refractivity contribution < 1.29 is 29.0 Å². The monoisotopic (exact) mass is 554 g/mol. The lowest BCUT2D eigenvalue weighted by molar-refractivity contribution is -0.143. The molecule has 0 radical (unpaired) electrons. The number of hydrogen-bond acceptors (Lipinski definition) is 6. The van der Waals surface area contributed by atoms with Crippen LogP contribution in [0, 0.1) is 0 Å². The lowest BCUT2D eigenvalue weighted by Crippen LogP contribution is -2.54. The lowest BCUT2D eigenvalue weighted by Gasteiger charge is -2.34. The van der Waals surface area contributed by atoms with Crippen molar-refractivity contribution in [3.05, 3.63) is 65.7 Å². The third-order valence-electron chi connectivity index (χ3n) is 5.99. The van der Waals surface area contributed by atoms with Crippen LogP contribution in [-0.2, 0) is 25.7 Å². The van der Waals surface area contributed by atoms with Gasteiger partial charge in [0.15, 0.2) is 0 Å². The molecule has 0 spiro atoms. The van der Waals surface area contributed by atoms with Crippen LogP contribution in [0.4, 0.5) is 4.79 Å². The van der Waals surface area contributed by atoms with Gasteiger partial charge in [-0.05, 0) is 50.5 Å². The van der Waals surface area contributed by atoms with E-state index in [0.29, 0.717) is 12.0 Å². The van der Waals surface area contributed by atoms with Crippen molar-refractivity contribution in [3.8, 4) is 5.75 Å². The van der Waals surface area contributed by atoms with E-state index in [2.05, 4.69) is 17.6 Å². The van der Waals surface area contributed by atoms with Crippen LogP contribution in [0.2, 0.25) is 0 Å². The molecule has 0 aliphatic carbocycles. The van der Waals surface area contributed by atoms with Gasteiger partial charge in [-0.25, -0.2) is 4.79 Å². The third-order valence-corrected chi connectivity index (χ3v) is 5.99. The van der Waals surface area contributed by atoms with Crippen LogP contribution in [0.15, 0.2) is 54.6 Å². The van der Waals surface area contributed by atoms with Crippen molar-refractivity contribution in [2.24, 2.45) is 5.73 Å². The number of primary amides is 1. The maximum absolute atomic E-state index is 14.0. The second-order valence-electron chi connectivity index (χ2n) is 10.7. The normalized spacial score (nSPS) is 12.6. The Balaban J connectivity index is 2.47. The predicted octanol–water partition coefficient (Wildman–Crippen LogP) is 3.93. The Morgan fingerprint density at radius 3 is 2.30 bits per heavy atom. The van der Waals surface area contributed by atoms with Crippen LogP contribution in [-0.4, -0.2) is 52.0 Å². The largest absolute Gasteiger partial charge is 0.508 e. The summed E-state index contributed by atoms with van der Waals surface area (Å²) in [5, 5.41) is 15.6. The van der Waals surface area contributed by atoms with Gasteiger partial charge in [-0.15, -0.1) is 0 Å². The number of benzene rings is 2. The fourth-order valence-corrected chi connectivity index (χ4v) is 4.18. The Morgan fingerprint density at radius 2 is 1.70 bits per heavy atom. The molecule has 0 aliphatic rings. The van der Waals surface area contributed by atoms with Crippen LogP contribution >= 0.6 is 0 Å². The maximum atomic E-state index is 14.0. The predicted molar refractivity (Wildman–Crippen MR) is 152 cm³/mol. The van der Waals surface area contributed by atoms with Crippen LogP contribution in [0.1, 0.15) is 77.0 Å². The second kappa shape index (κ2) is 15.5. The standard InChI is InChI=1S/C30H42N4O6/c1-5-6-7-11-17-34(28(38)24(19-25(31)36)33-29(39)40-30(2,3)4)26(22-15-12-16-23(35)18-22)27(37)32-20-21-13-9-8-10-14-21/h8-10,12-16,18,24,26,35H,5-7,11,17,19-20H2,1-4H3,(H2,31,36)(H,32,37)(H,33,39). The molecule has 2 unspecified atom stereocenters. The Labute approximate surface area is 236 Å². The maximum Gasteiger partial charge on any atom is 0.408 e. The van der Waals surface area contributed by atoms with Crippen molar-refractivity contribution in [2.45, 2.75) is 84.0 Å². The summed E-state index contributed by atoms with van der Waals surface area (Å²) in [6, 6.07) is 12.9. The SMILES string of the molecule is CCCCCCN(C(=O)C(CC(N)=O)NC(=O)OC(C)(C)C)C(C(=O)NCc1ccccc1)c1cccc(O)c1. The number of aromatic hydroxyl groups is 1. The van der Waals surface area contributed by atoms with Crippen LogP contribution in [0.3, 0.4) is 0 Å². The van der Waals surface area contributed by atoms with Gasteiger partial charge >= 0.3 is 6.09 Å². The van der Waals surface area contributed by atoms with E-state index in [1.807, 2.05) is 30.3 Å². The number of carbonyl (C=O) groups is 4. The number of amides is 4. The number of ether oxygens (including phenoxy) is 1. The van der Waals surface area contributed by atoms with Crippen molar-refractivity contribution in [1.29, 1.82) is 0 Å². The van der Waals surface area contributed by atoms with Crippen LogP contribution in [0.25, 0.3) is 0 Å². The van der Waals surface area contributed by atoms with Crippen molar-refractivity contribution in [1.82, 2.24) is 15.5 Å². The number of phenols is 1. The van der Waals surface area contributed by atoms with E-state index in [-0.39, 0.29) is 18.8 Å². The number of nitrogens with one attached hydrogen (secondary N) is 2. The highest BCUT2D eigenvalue weighted by Crippen LogP contribution is 2.27. The van der Waals surface area contributed by atoms with Gasteiger partial charge < -0.3 is 31.1 Å². The number of unbranched alkanes of at least 4 members (excludes halogenated alkanes) is 3. The molecule has 4 amide bonds. The second-order valence-corrected chi connectivity index (χ2v) is 10.7. The highest BCUT2D eigenvalue weighted by atomic mass is 16.6. The molecule has 0 bridgehead atoms. The molecule has 0 saturated heterocycles. The van der Waals surface area contributed by atoms with E-state index in [1.54, 1.807) is 32.9 Å². The molecule has 40 heavy (non-hydrogen) atoms. The van der Waals surface area contributed by atoms with E-state index in [4.69, 9.17) is 10.5 Å². The summed E-state index contributed by atoms with van der Waals surface area (Å²) < 4.78 is 5.30. The number of hydrogen-bond donors (Lipinski definition) is 4. The minimum absolute atomic E-state index is 0.0719. The molecular weight excluding hydrogens is 512 g/mol. The molecule has 2 rings (SSSR count). The Kier molecular flexibility index (Phi) is 12.4. The van der Waals surface area contributed by atoms with Crippen molar-refractivity contribution in [2.75, 3.05) is 6.54 Å². The lowest BCUT2D eigenvalue weighted by atomic mass is 10.0. The number of phenolic OH excluding ortho intramolecular Hbond substituents is 1. The van der Waals surface area contributed by atoms with Gasteiger partial charge in [0, 0.05) is 13.1 Å². The molecule has 0 heterocycles. The first-order valence-corrected chi connectivity index (χ1v) is 13.6. The number of nitrogens with two attached hydrogens (primary N) is 1. The first-order chi connectivity index (χ1) is 18.9. The fourth-order valence-electron chi connectivity index (χ4n) is 4.18. The van der Waals surface area contributed by atoms with Gasteiger partial charge in [0.25, 0.3) is 0 Å².